The number of hydrogen-bond donors (Lipinski definition) is 1. The van der Waals surface area contributed by atoms with E-state index in [2.05, 4.69) is 0 Å². The highest BCUT2D eigenvalue weighted by Crippen LogP contribution is 2.32. The lowest BCUT2D eigenvalue weighted by Gasteiger charge is -2.36. The summed E-state index contributed by atoms with van der Waals surface area (Å²) in [4.78, 5) is 11.1. The van der Waals surface area contributed by atoms with E-state index in [1.807, 2.05) is 20.8 Å². The number of carboxylic acid groups (broad SMARTS) is 1. The topological polar surface area (TPSA) is 74.7 Å². The Morgan fingerprint density at radius 1 is 1.26 bits per heavy atom. The molecule has 112 valence electrons. The van der Waals surface area contributed by atoms with Crippen molar-refractivity contribution in [2.75, 3.05) is 18.8 Å². The van der Waals surface area contributed by atoms with Crippen molar-refractivity contribution in [1.29, 1.82) is 0 Å². The molecule has 1 fully saturated rings. The monoisotopic (exact) mass is 291 g/mol. The molecule has 1 rings (SSSR count). The summed E-state index contributed by atoms with van der Waals surface area (Å²) in [6.07, 6.45) is 1.39. The van der Waals surface area contributed by atoms with Gasteiger partial charge in [-0.05, 0) is 31.6 Å². The number of aliphatic carboxylic acids is 1. The molecule has 5 nitrogen and oxygen atoms in total. The van der Waals surface area contributed by atoms with Gasteiger partial charge in [0, 0.05) is 13.1 Å². The largest absolute Gasteiger partial charge is 0.481 e. The zero-order chi connectivity index (χ0) is 14.9. The molecule has 0 atom stereocenters. The van der Waals surface area contributed by atoms with Crippen LogP contribution in [0.15, 0.2) is 0 Å². The third-order valence-electron chi connectivity index (χ3n) is 3.85. The van der Waals surface area contributed by atoms with E-state index >= 15 is 0 Å². The molecule has 0 aromatic heterocycles. The number of rotatable bonds is 4. The summed E-state index contributed by atoms with van der Waals surface area (Å²) in [5, 5.41) is 9.13. The van der Waals surface area contributed by atoms with Gasteiger partial charge >= 0.3 is 5.97 Å². The summed E-state index contributed by atoms with van der Waals surface area (Å²) in [5.41, 5.74) is -0.797. The summed E-state index contributed by atoms with van der Waals surface area (Å²) in [6.45, 7) is 8.36. The van der Waals surface area contributed by atoms with Crippen molar-refractivity contribution in [3.8, 4) is 0 Å². The lowest BCUT2D eigenvalue weighted by molar-refractivity contribution is -0.150. The number of carboxylic acids is 1. The van der Waals surface area contributed by atoms with Gasteiger partial charge in [-0.2, -0.15) is 0 Å². The van der Waals surface area contributed by atoms with Crippen molar-refractivity contribution >= 4 is 16.0 Å². The van der Waals surface area contributed by atoms with Crippen molar-refractivity contribution in [3.63, 3.8) is 0 Å². The van der Waals surface area contributed by atoms with Gasteiger partial charge in [0.1, 0.15) is 0 Å². The Hall–Kier alpha value is -0.620. The summed E-state index contributed by atoms with van der Waals surface area (Å²) in [5.74, 6) is -0.695. The molecule has 0 radical (unpaired) electrons. The minimum absolute atomic E-state index is 0.0154. The van der Waals surface area contributed by atoms with E-state index < -0.39 is 21.4 Å². The number of nitrogens with zero attached hydrogens (tertiary/aromatic N) is 1. The lowest BCUT2D eigenvalue weighted by atomic mass is 9.81. The van der Waals surface area contributed by atoms with Gasteiger partial charge < -0.3 is 5.11 Å². The smallest absolute Gasteiger partial charge is 0.309 e. The zero-order valence-corrected chi connectivity index (χ0v) is 13.1. The van der Waals surface area contributed by atoms with E-state index in [0.29, 0.717) is 32.4 Å². The average molecular weight is 291 g/mol. The van der Waals surface area contributed by atoms with Crippen LogP contribution in [-0.4, -0.2) is 42.6 Å². The molecule has 0 unspecified atom stereocenters. The van der Waals surface area contributed by atoms with E-state index in [1.165, 1.54) is 4.31 Å². The average Bonchev–Trinajstić information content (AvgIpc) is 2.26. The Morgan fingerprint density at radius 2 is 1.74 bits per heavy atom. The van der Waals surface area contributed by atoms with Gasteiger partial charge in [-0.1, -0.05) is 20.8 Å². The van der Waals surface area contributed by atoms with Gasteiger partial charge in [0.15, 0.2) is 0 Å². The Balaban J connectivity index is 2.62. The Kier molecular flexibility index (Phi) is 4.67. The molecule has 1 aliphatic rings. The second-order valence-corrected chi connectivity index (χ2v) is 8.98. The second-order valence-electron chi connectivity index (χ2n) is 6.89. The standard InChI is InChI=1S/C13H25NO4S/c1-12(2,3)7-10-19(17,18)14-8-5-13(4,6-9-14)11(15)16/h5-10H2,1-4H3,(H,15,16). The van der Waals surface area contributed by atoms with Crippen LogP contribution in [0.1, 0.15) is 47.0 Å². The predicted octanol–water partition coefficient (Wildman–Crippen LogP) is 1.94. The summed E-state index contributed by atoms with van der Waals surface area (Å²) >= 11 is 0. The molecular weight excluding hydrogens is 266 g/mol. The molecule has 1 saturated heterocycles. The molecule has 0 amide bonds. The van der Waals surface area contributed by atoms with Crippen LogP contribution in [0.25, 0.3) is 0 Å². The van der Waals surface area contributed by atoms with Gasteiger partial charge in [0.2, 0.25) is 10.0 Å². The third-order valence-corrected chi connectivity index (χ3v) is 5.72. The van der Waals surface area contributed by atoms with Crippen LogP contribution in [0.3, 0.4) is 0 Å². The van der Waals surface area contributed by atoms with Crippen molar-refractivity contribution in [2.45, 2.75) is 47.0 Å². The van der Waals surface area contributed by atoms with Crippen LogP contribution in [0.4, 0.5) is 0 Å². The van der Waals surface area contributed by atoms with E-state index in [1.54, 1.807) is 6.92 Å². The van der Waals surface area contributed by atoms with E-state index in [4.69, 9.17) is 5.11 Å². The van der Waals surface area contributed by atoms with Crippen LogP contribution in [0.2, 0.25) is 0 Å². The van der Waals surface area contributed by atoms with E-state index in [9.17, 15) is 13.2 Å². The number of sulfonamides is 1. The van der Waals surface area contributed by atoms with Crippen LogP contribution in [0.5, 0.6) is 0 Å². The van der Waals surface area contributed by atoms with Gasteiger partial charge in [-0.3, -0.25) is 4.79 Å². The Morgan fingerprint density at radius 3 is 2.11 bits per heavy atom. The van der Waals surface area contributed by atoms with Crippen LogP contribution >= 0.6 is 0 Å². The van der Waals surface area contributed by atoms with Crippen molar-refractivity contribution in [3.05, 3.63) is 0 Å². The normalized spacial score (nSPS) is 21.3. The van der Waals surface area contributed by atoms with E-state index in [0.717, 1.165) is 0 Å². The molecule has 0 aliphatic carbocycles. The molecule has 0 bridgehead atoms. The van der Waals surface area contributed by atoms with Crippen molar-refractivity contribution in [2.24, 2.45) is 10.8 Å². The predicted molar refractivity (Wildman–Crippen MR) is 74.4 cm³/mol. The maximum atomic E-state index is 12.2. The quantitative estimate of drug-likeness (QED) is 0.859. The maximum absolute atomic E-state index is 12.2. The third kappa shape index (κ3) is 4.45. The van der Waals surface area contributed by atoms with Crippen molar-refractivity contribution in [1.82, 2.24) is 4.31 Å². The highest BCUT2D eigenvalue weighted by Gasteiger charge is 2.39. The molecule has 0 saturated carbocycles. The Bertz CT molecular complexity index is 428. The first-order chi connectivity index (χ1) is 8.46. The molecule has 6 heteroatoms. The summed E-state index contributed by atoms with van der Waals surface area (Å²) in [6, 6.07) is 0. The number of piperidine rings is 1. The maximum Gasteiger partial charge on any atom is 0.309 e. The highest BCUT2D eigenvalue weighted by atomic mass is 32.2. The van der Waals surface area contributed by atoms with E-state index in [-0.39, 0.29) is 11.2 Å². The second kappa shape index (κ2) is 5.40. The molecule has 0 spiro atoms. The summed E-state index contributed by atoms with van der Waals surface area (Å²) < 4.78 is 25.8. The minimum Gasteiger partial charge on any atom is -0.481 e. The first-order valence-electron chi connectivity index (χ1n) is 6.68. The Labute approximate surface area is 116 Å². The van der Waals surface area contributed by atoms with Gasteiger partial charge in [-0.25, -0.2) is 12.7 Å². The SMILES string of the molecule is CC(C)(C)CCS(=O)(=O)N1CCC(C)(C(=O)O)CC1. The molecule has 1 N–H and O–H groups in total. The van der Waals surface area contributed by atoms with Crippen LogP contribution < -0.4 is 0 Å². The molecule has 19 heavy (non-hydrogen) atoms. The van der Waals surface area contributed by atoms with Gasteiger partial charge in [0.05, 0.1) is 11.2 Å². The van der Waals surface area contributed by atoms with Crippen molar-refractivity contribution < 1.29 is 18.3 Å². The van der Waals surface area contributed by atoms with Crippen LogP contribution in [0, 0.1) is 10.8 Å². The fourth-order valence-electron chi connectivity index (χ4n) is 2.04. The highest BCUT2D eigenvalue weighted by molar-refractivity contribution is 7.89. The number of carbonyl (C=O) groups is 1. The molecule has 0 aromatic carbocycles. The molecule has 1 aliphatic heterocycles. The van der Waals surface area contributed by atoms with Gasteiger partial charge in [-0.15, -0.1) is 0 Å². The number of hydrogen-bond acceptors (Lipinski definition) is 3. The zero-order valence-electron chi connectivity index (χ0n) is 12.3. The first-order valence-corrected chi connectivity index (χ1v) is 8.28. The fraction of sp³-hybridized carbons (Fsp3) is 0.923. The first kappa shape index (κ1) is 16.4. The summed E-state index contributed by atoms with van der Waals surface area (Å²) in [7, 11) is -3.25. The molecule has 1 heterocycles. The molecule has 0 aromatic rings. The molecular formula is C13H25NO4S. The lowest BCUT2D eigenvalue weighted by Crippen LogP contribution is -2.46. The van der Waals surface area contributed by atoms with Crippen LogP contribution in [-0.2, 0) is 14.8 Å². The fourth-order valence-corrected chi connectivity index (χ4v) is 3.90. The van der Waals surface area contributed by atoms with Gasteiger partial charge in [0.25, 0.3) is 0 Å². The minimum atomic E-state index is -3.25.